The molecule has 1 saturated heterocycles. The molecule has 0 unspecified atom stereocenters. The minimum atomic E-state index is -0.963. The summed E-state index contributed by atoms with van der Waals surface area (Å²) in [5.74, 6) is -1.27. The van der Waals surface area contributed by atoms with Crippen molar-refractivity contribution in [2.24, 2.45) is 0 Å². The fraction of sp³-hybridized carbons (Fsp3) is 0.357. The Morgan fingerprint density at radius 1 is 1.48 bits per heavy atom. The Bertz CT molecular complexity index is 740. The molecule has 0 spiro atoms. The molecule has 110 valence electrons. The SMILES string of the molecule is Cc1ccc2c(N)c(C(=O)N3CCC[C@H]3C(=O)O)sc2n1. The largest absolute Gasteiger partial charge is 0.480 e. The number of carbonyl (C=O) groups excluding carboxylic acids is 1. The molecule has 0 saturated carbocycles. The first-order chi connectivity index (χ1) is 9.99. The van der Waals surface area contributed by atoms with Crippen molar-refractivity contribution >= 4 is 39.1 Å². The zero-order valence-electron chi connectivity index (χ0n) is 11.5. The van der Waals surface area contributed by atoms with E-state index >= 15 is 0 Å². The highest BCUT2D eigenvalue weighted by atomic mass is 32.1. The third-order valence-corrected chi connectivity index (χ3v) is 4.83. The number of hydrogen-bond donors (Lipinski definition) is 2. The Balaban J connectivity index is 2.02. The summed E-state index contributed by atoms with van der Waals surface area (Å²) in [5.41, 5.74) is 7.30. The lowest BCUT2D eigenvalue weighted by Gasteiger charge is -2.20. The van der Waals surface area contributed by atoms with Crippen molar-refractivity contribution in [1.29, 1.82) is 0 Å². The zero-order chi connectivity index (χ0) is 15.1. The van der Waals surface area contributed by atoms with Crippen molar-refractivity contribution < 1.29 is 14.7 Å². The van der Waals surface area contributed by atoms with Crippen LogP contribution in [0.25, 0.3) is 10.2 Å². The first kappa shape index (κ1) is 13.8. The average Bonchev–Trinajstić information content (AvgIpc) is 3.03. The molecule has 0 aromatic carbocycles. The molecule has 3 rings (SSSR count). The summed E-state index contributed by atoms with van der Waals surface area (Å²) in [6.07, 6.45) is 1.19. The number of thiophene rings is 1. The summed E-state index contributed by atoms with van der Waals surface area (Å²) in [7, 11) is 0. The summed E-state index contributed by atoms with van der Waals surface area (Å²) < 4.78 is 0. The van der Waals surface area contributed by atoms with Gasteiger partial charge in [-0.3, -0.25) is 4.79 Å². The second-order valence-corrected chi connectivity index (χ2v) is 6.14. The first-order valence-corrected chi connectivity index (χ1v) is 7.50. The van der Waals surface area contributed by atoms with Crippen LogP contribution >= 0.6 is 11.3 Å². The summed E-state index contributed by atoms with van der Waals surface area (Å²) in [5, 5.41) is 9.94. The number of pyridine rings is 1. The van der Waals surface area contributed by atoms with Gasteiger partial charge in [-0.1, -0.05) is 0 Å². The fourth-order valence-corrected chi connectivity index (χ4v) is 3.74. The number of carboxylic acid groups (broad SMARTS) is 1. The van der Waals surface area contributed by atoms with Gasteiger partial charge in [-0.25, -0.2) is 9.78 Å². The number of amides is 1. The van der Waals surface area contributed by atoms with Gasteiger partial charge in [0.1, 0.15) is 15.7 Å². The molecular weight excluding hydrogens is 290 g/mol. The lowest BCUT2D eigenvalue weighted by atomic mass is 10.2. The van der Waals surface area contributed by atoms with Crippen LogP contribution in [0.2, 0.25) is 0 Å². The standard InChI is InChI=1S/C14H15N3O3S/c1-7-4-5-8-10(15)11(21-12(8)16-7)13(18)17-6-2-3-9(17)14(19)20/h4-5,9H,2-3,6,15H2,1H3,(H,19,20)/t9-/m0/s1. The number of carbonyl (C=O) groups is 2. The van der Waals surface area contributed by atoms with Crippen LogP contribution in [-0.2, 0) is 4.79 Å². The summed E-state index contributed by atoms with van der Waals surface area (Å²) in [4.78, 5) is 30.7. The molecule has 21 heavy (non-hydrogen) atoms. The molecule has 1 aliphatic heterocycles. The molecule has 6 nitrogen and oxygen atoms in total. The maximum atomic E-state index is 12.6. The van der Waals surface area contributed by atoms with Crippen LogP contribution in [0.1, 0.15) is 28.2 Å². The Labute approximate surface area is 125 Å². The highest BCUT2D eigenvalue weighted by Crippen LogP contribution is 2.34. The number of nitrogen functional groups attached to an aromatic ring is 1. The topological polar surface area (TPSA) is 96.5 Å². The number of aliphatic carboxylic acids is 1. The number of fused-ring (bicyclic) bond motifs is 1. The molecule has 3 heterocycles. The fourth-order valence-electron chi connectivity index (χ4n) is 2.65. The minimum absolute atomic E-state index is 0.307. The third kappa shape index (κ3) is 2.23. The summed E-state index contributed by atoms with van der Waals surface area (Å²) >= 11 is 1.23. The Kier molecular flexibility index (Phi) is 3.29. The maximum Gasteiger partial charge on any atom is 0.326 e. The number of nitrogens with two attached hydrogens (primary N) is 1. The Morgan fingerprint density at radius 2 is 2.24 bits per heavy atom. The molecule has 0 bridgehead atoms. The lowest BCUT2D eigenvalue weighted by molar-refractivity contribution is -0.141. The predicted octanol–water partition coefficient (Wildman–Crippen LogP) is 1.88. The highest BCUT2D eigenvalue weighted by molar-refractivity contribution is 7.21. The van der Waals surface area contributed by atoms with Crippen molar-refractivity contribution in [1.82, 2.24) is 9.88 Å². The van der Waals surface area contributed by atoms with Gasteiger partial charge in [0.25, 0.3) is 5.91 Å². The average molecular weight is 305 g/mol. The first-order valence-electron chi connectivity index (χ1n) is 6.68. The van der Waals surface area contributed by atoms with Crippen LogP contribution in [-0.4, -0.2) is 39.5 Å². The van der Waals surface area contributed by atoms with Gasteiger partial charge in [-0.05, 0) is 31.9 Å². The molecule has 3 N–H and O–H groups in total. The number of aryl methyl sites for hydroxylation is 1. The third-order valence-electron chi connectivity index (χ3n) is 3.73. The number of aromatic nitrogens is 1. The number of likely N-dealkylation sites (tertiary alicyclic amines) is 1. The molecular formula is C14H15N3O3S. The van der Waals surface area contributed by atoms with E-state index in [4.69, 9.17) is 5.73 Å². The Morgan fingerprint density at radius 3 is 2.95 bits per heavy atom. The quantitative estimate of drug-likeness (QED) is 0.883. The molecule has 0 aliphatic carbocycles. The van der Waals surface area contributed by atoms with E-state index in [1.54, 1.807) is 0 Å². The van der Waals surface area contributed by atoms with E-state index in [9.17, 15) is 14.7 Å². The molecule has 0 radical (unpaired) electrons. The number of carboxylic acids is 1. The lowest BCUT2D eigenvalue weighted by Crippen LogP contribution is -2.40. The zero-order valence-corrected chi connectivity index (χ0v) is 12.3. The van der Waals surface area contributed by atoms with Crippen LogP contribution in [0.5, 0.6) is 0 Å². The van der Waals surface area contributed by atoms with Gasteiger partial charge in [-0.15, -0.1) is 11.3 Å². The number of hydrogen-bond acceptors (Lipinski definition) is 5. The molecule has 1 amide bonds. The van der Waals surface area contributed by atoms with Gasteiger partial charge in [0.2, 0.25) is 0 Å². The van der Waals surface area contributed by atoms with Gasteiger partial charge in [-0.2, -0.15) is 0 Å². The highest BCUT2D eigenvalue weighted by Gasteiger charge is 2.36. The molecule has 1 aliphatic rings. The van der Waals surface area contributed by atoms with Crippen LogP contribution in [0.3, 0.4) is 0 Å². The van der Waals surface area contributed by atoms with Crippen molar-refractivity contribution in [3.05, 3.63) is 22.7 Å². The van der Waals surface area contributed by atoms with Gasteiger partial charge < -0.3 is 15.7 Å². The molecule has 1 atom stereocenters. The molecule has 2 aromatic heterocycles. The van der Waals surface area contributed by atoms with Crippen LogP contribution in [0, 0.1) is 6.92 Å². The number of anilines is 1. The monoisotopic (exact) mass is 305 g/mol. The molecule has 7 heteroatoms. The normalized spacial score (nSPS) is 18.3. The van der Waals surface area contributed by atoms with Crippen molar-refractivity contribution in [3.8, 4) is 0 Å². The van der Waals surface area contributed by atoms with Crippen molar-refractivity contribution in [2.75, 3.05) is 12.3 Å². The van der Waals surface area contributed by atoms with Gasteiger partial charge in [0.15, 0.2) is 0 Å². The van der Waals surface area contributed by atoms with E-state index in [-0.39, 0.29) is 5.91 Å². The summed E-state index contributed by atoms with van der Waals surface area (Å²) in [6, 6.07) is 2.94. The summed E-state index contributed by atoms with van der Waals surface area (Å²) in [6.45, 7) is 2.33. The van der Waals surface area contributed by atoms with Gasteiger partial charge in [0.05, 0.1) is 5.69 Å². The number of rotatable bonds is 2. The predicted molar refractivity (Wildman–Crippen MR) is 80.5 cm³/mol. The maximum absolute atomic E-state index is 12.6. The second-order valence-electron chi connectivity index (χ2n) is 5.15. The van der Waals surface area contributed by atoms with E-state index in [2.05, 4.69) is 4.98 Å². The second kappa shape index (κ2) is 5.00. The van der Waals surface area contributed by atoms with Crippen molar-refractivity contribution in [3.63, 3.8) is 0 Å². The van der Waals surface area contributed by atoms with Gasteiger partial charge >= 0.3 is 5.97 Å². The van der Waals surface area contributed by atoms with E-state index in [0.717, 1.165) is 11.1 Å². The van der Waals surface area contributed by atoms with E-state index in [0.29, 0.717) is 34.8 Å². The van der Waals surface area contributed by atoms with E-state index in [1.807, 2.05) is 19.1 Å². The smallest absolute Gasteiger partial charge is 0.326 e. The van der Waals surface area contributed by atoms with E-state index < -0.39 is 12.0 Å². The molecule has 2 aromatic rings. The van der Waals surface area contributed by atoms with Crippen molar-refractivity contribution in [2.45, 2.75) is 25.8 Å². The van der Waals surface area contributed by atoms with Crippen LogP contribution in [0.15, 0.2) is 12.1 Å². The number of nitrogens with zero attached hydrogens (tertiary/aromatic N) is 2. The van der Waals surface area contributed by atoms with E-state index in [1.165, 1.54) is 16.2 Å². The van der Waals surface area contributed by atoms with Crippen LogP contribution < -0.4 is 5.73 Å². The van der Waals surface area contributed by atoms with Crippen LogP contribution in [0.4, 0.5) is 5.69 Å². The molecule has 1 fully saturated rings. The Hall–Kier alpha value is -2.15. The minimum Gasteiger partial charge on any atom is -0.480 e. The van der Waals surface area contributed by atoms with Gasteiger partial charge in [0, 0.05) is 17.6 Å².